The summed E-state index contributed by atoms with van der Waals surface area (Å²) in [4.78, 5) is 2.13. The third-order valence-electron chi connectivity index (χ3n) is 3.66. The van der Waals surface area contributed by atoms with E-state index in [0.29, 0.717) is 11.4 Å². The lowest BCUT2D eigenvalue weighted by atomic mass is 10.0. The highest BCUT2D eigenvalue weighted by atomic mass is 16.5. The largest absolute Gasteiger partial charge is 0.372 e. The Morgan fingerprint density at radius 3 is 2.35 bits per heavy atom. The van der Waals surface area contributed by atoms with Crippen LogP contribution in [0.2, 0.25) is 0 Å². The first-order chi connectivity index (χ1) is 9.60. The normalized spacial score (nSPS) is 22.6. The summed E-state index contributed by atoms with van der Waals surface area (Å²) in [7, 11) is 0. The van der Waals surface area contributed by atoms with E-state index in [-0.39, 0.29) is 12.2 Å². The molecule has 0 amide bonds. The van der Waals surface area contributed by atoms with Gasteiger partial charge in [-0.15, -0.1) is 5.10 Å². The summed E-state index contributed by atoms with van der Waals surface area (Å²) < 4.78 is 5.74. The lowest BCUT2D eigenvalue weighted by molar-refractivity contribution is -0.00552. The van der Waals surface area contributed by atoms with Gasteiger partial charge < -0.3 is 9.64 Å². The highest BCUT2D eigenvalue weighted by molar-refractivity contribution is 5.58. The molecule has 0 aliphatic carbocycles. The van der Waals surface area contributed by atoms with Crippen LogP contribution in [-0.2, 0) is 17.6 Å². The molecule has 0 saturated carbocycles. The van der Waals surface area contributed by atoms with E-state index in [2.05, 4.69) is 28.1 Å². The molecule has 1 aliphatic heterocycles. The number of morpholine rings is 1. The molecule has 2 atom stereocenters. The molecular weight excluding hydrogens is 252 g/mol. The number of aryl methyl sites for hydroxylation is 1. The Morgan fingerprint density at radius 1 is 1.20 bits per heavy atom. The van der Waals surface area contributed by atoms with Crippen molar-refractivity contribution in [3.63, 3.8) is 0 Å². The highest BCUT2D eigenvalue weighted by Crippen LogP contribution is 2.25. The summed E-state index contributed by atoms with van der Waals surface area (Å²) in [6.45, 7) is 9.70. The molecule has 0 unspecified atom stereocenters. The Bertz CT molecular complexity index is 513. The van der Waals surface area contributed by atoms with Gasteiger partial charge in [0.1, 0.15) is 11.6 Å². The molecule has 0 spiro atoms. The molecule has 1 aliphatic rings. The van der Waals surface area contributed by atoms with Crippen molar-refractivity contribution in [2.24, 2.45) is 0 Å². The van der Waals surface area contributed by atoms with Crippen molar-refractivity contribution >= 4 is 5.82 Å². The number of nitriles is 1. The predicted octanol–water partition coefficient (Wildman–Crippen LogP) is 2.09. The zero-order chi connectivity index (χ0) is 14.7. The van der Waals surface area contributed by atoms with Crippen molar-refractivity contribution in [3.8, 4) is 6.07 Å². The van der Waals surface area contributed by atoms with Crippen LogP contribution in [0, 0.1) is 11.3 Å². The van der Waals surface area contributed by atoms with Crippen molar-refractivity contribution < 1.29 is 4.74 Å². The van der Waals surface area contributed by atoms with Crippen LogP contribution in [0.5, 0.6) is 0 Å². The molecule has 1 fully saturated rings. The van der Waals surface area contributed by atoms with Gasteiger partial charge in [-0.2, -0.15) is 10.4 Å². The van der Waals surface area contributed by atoms with E-state index < -0.39 is 0 Å². The van der Waals surface area contributed by atoms with Gasteiger partial charge >= 0.3 is 0 Å². The quantitative estimate of drug-likeness (QED) is 0.844. The molecule has 0 aromatic carbocycles. The van der Waals surface area contributed by atoms with Crippen LogP contribution in [0.3, 0.4) is 0 Å². The van der Waals surface area contributed by atoms with Crippen LogP contribution in [0.4, 0.5) is 5.82 Å². The van der Waals surface area contributed by atoms with Crippen molar-refractivity contribution in [1.29, 1.82) is 5.26 Å². The van der Waals surface area contributed by atoms with Gasteiger partial charge in [0.15, 0.2) is 5.82 Å². The topological polar surface area (TPSA) is 62.0 Å². The van der Waals surface area contributed by atoms with Crippen LogP contribution in [-0.4, -0.2) is 35.5 Å². The zero-order valence-corrected chi connectivity index (χ0v) is 12.7. The fourth-order valence-corrected chi connectivity index (χ4v) is 2.85. The van der Waals surface area contributed by atoms with Gasteiger partial charge in [-0.3, -0.25) is 0 Å². The first-order valence-corrected chi connectivity index (χ1v) is 7.29. The fraction of sp³-hybridized carbons (Fsp3) is 0.667. The Labute approximate surface area is 120 Å². The van der Waals surface area contributed by atoms with Crippen LogP contribution >= 0.6 is 0 Å². The fourth-order valence-electron chi connectivity index (χ4n) is 2.85. The zero-order valence-electron chi connectivity index (χ0n) is 12.7. The SMILES string of the molecule is CCc1nnc(N2C[C@@H](C)O[C@@H](C)C2)c(C#N)c1CC. The monoisotopic (exact) mass is 274 g/mol. The lowest BCUT2D eigenvalue weighted by Gasteiger charge is -2.36. The Morgan fingerprint density at radius 2 is 1.85 bits per heavy atom. The molecule has 1 saturated heterocycles. The Kier molecular flexibility index (Phi) is 4.56. The van der Waals surface area contributed by atoms with Crippen LogP contribution in [0.25, 0.3) is 0 Å². The number of rotatable bonds is 3. The highest BCUT2D eigenvalue weighted by Gasteiger charge is 2.27. The third kappa shape index (κ3) is 2.75. The molecule has 5 heteroatoms. The Hall–Kier alpha value is -1.67. The van der Waals surface area contributed by atoms with E-state index in [0.717, 1.165) is 37.2 Å². The van der Waals surface area contributed by atoms with Gasteiger partial charge in [0.2, 0.25) is 0 Å². The van der Waals surface area contributed by atoms with Crippen LogP contribution < -0.4 is 4.90 Å². The van der Waals surface area contributed by atoms with Gasteiger partial charge in [0, 0.05) is 13.1 Å². The molecular formula is C15H22N4O. The molecule has 2 heterocycles. The third-order valence-corrected chi connectivity index (χ3v) is 3.66. The smallest absolute Gasteiger partial charge is 0.169 e. The van der Waals surface area contributed by atoms with E-state index in [1.165, 1.54) is 0 Å². The average molecular weight is 274 g/mol. The number of hydrogen-bond acceptors (Lipinski definition) is 5. The van der Waals surface area contributed by atoms with Gasteiger partial charge in [0.25, 0.3) is 0 Å². The van der Waals surface area contributed by atoms with Crippen LogP contribution in [0.15, 0.2) is 0 Å². The minimum absolute atomic E-state index is 0.142. The predicted molar refractivity (Wildman–Crippen MR) is 77.7 cm³/mol. The van der Waals surface area contributed by atoms with E-state index in [1.807, 2.05) is 20.8 Å². The molecule has 20 heavy (non-hydrogen) atoms. The molecule has 1 aromatic rings. The molecule has 0 radical (unpaired) electrons. The maximum Gasteiger partial charge on any atom is 0.169 e. The summed E-state index contributed by atoms with van der Waals surface area (Å²) in [5.74, 6) is 0.712. The minimum atomic E-state index is 0.142. The summed E-state index contributed by atoms with van der Waals surface area (Å²) in [5, 5.41) is 18.2. The second-order valence-corrected chi connectivity index (χ2v) is 5.31. The van der Waals surface area contributed by atoms with E-state index >= 15 is 0 Å². The summed E-state index contributed by atoms with van der Waals surface area (Å²) >= 11 is 0. The second-order valence-electron chi connectivity index (χ2n) is 5.31. The first-order valence-electron chi connectivity index (χ1n) is 7.29. The molecule has 5 nitrogen and oxygen atoms in total. The number of nitrogens with zero attached hydrogens (tertiary/aromatic N) is 4. The van der Waals surface area contributed by atoms with Crippen molar-refractivity contribution in [1.82, 2.24) is 10.2 Å². The average Bonchev–Trinajstić information content (AvgIpc) is 2.44. The van der Waals surface area contributed by atoms with Gasteiger partial charge in [-0.05, 0) is 32.3 Å². The maximum atomic E-state index is 9.54. The van der Waals surface area contributed by atoms with Crippen molar-refractivity contribution in [3.05, 3.63) is 16.8 Å². The summed E-state index contributed by atoms with van der Waals surface area (Å²) in [5.41, 5.74) is 2.65. The number of aromatic nitrogens is 2. The van der Waals surface area contributed by atoms with Crippen molar-refractivity contribution in [2.45, 2.75) is 52.7 Å². The number of anilines is 1. The van der Waals surface area contributed by atoms with E-state index in [9.17, 15) is 5.26 Å². The van der Waals surface area contributed by atoms with Gasteiger partial charge in [0.05, 0.1) is 17.9 Å². The molecule has 1 aromatic heterocycles. The second kappa shape index (κ2) is 6.19. The van der Waals surface area contributed by atoms with E-state index in [4.69, 9.17) is 4.74 Å². The van der Waals surface area contributed by atoms with E-state index in [1.54, 1.807) is 0 Å². The van der Waals surface area contributed by atoms with Gasteiger partial charge in [-0.1, -0.05) is 13.8 Å². The standard InChI is InChI=1S/C15H22N4O/c1-5-12-13(7-16)15(18-17-14(12)6-2)19-8-10(3)20-11(4)9-19/h10-11H,5-6,8-9H2,1-4H3/t10-,11+. The molecule has 0 N–H and O–H groups in total. The van der Waals surface area contributed by atoms with Crippen molar-refractivity contribution in [2.75, 3.05) is 18.0 Å². The minimum Gasteiger partial charge on any atom is -0.372 e. The summed E-state index contributed by atoms with van der Waals surface area (Å²) in [6, 6.07) is 2.33. The maximum absolute atomic E-state index is 9.54. The van der Waals surface area contributed by atoms with Gasteiger partial charge in [-0.25, -0.2) is 0 Å². The number of hydrogen-bond donors (Lipinski definition) is 0. The Balaban J connectivity index is 2.44. The number of ether oxygens (including phenoxy) is 1. The molecule has 2 rings (SSSR count). The first kappa shape index (κ1) is 14.7. The lowest BCUT2D eigenvalue weighted by Crippen LogP contribution is -2.46. The molecule has 0 bridgehead atoms. The summed E-state index contributed by atoms with van der Waals surface area (Å²) in [6.07, 6.45) is 1.90. The van der Waals surface area contributed by atoms with Crippen LogP contribution in [0.1, 0.15) is 44.5 Å². The molecule has 108 valence electrons.